The molecule has 3 heterocycles. The summed E-state index contributed by atoms with van der Waals surface area (Å²) in [6, 6.07) is 14.2. The van der Waals surface area contributed by atoms with Crippen LogP contribution in [0, 0.1) is 0 Å². The molecule has 36 heavy (non-hydrogen) atoms. The molecular formula is C27H34N4O5. The predicted molar refractivity (Wildman–Crippen MR) is 137 cm³/mol. The number of nitrogens with zero attached hydrogens (tertiary/aromatic N) is 2. The van der Waals surface area contributed by atoms with Crippen LogP contribution >= 0.6 is 0 Å². The van der Waals surface area contributed by atoms with Crippen LogP contribution in [0.2, 0.25) is 0 Å². The number of likely N-dealkylation sites (tertiary alicyclic amines) is 1. The maximum atomic E-state index is 12.6. The lowest BCUT2D eigenvalue weighted by Crippen LogP contribution is -2.50. The van der Waals surface area contributed by atoms with Crippen molar-refractivity contribution in [1.82, 2.24) is 10.2 Å². The van der Waals surface area contributed by atoms with Crippen molar-refractivity contribution >= 4 is 23.4 Å². The summed E-state index contributed by atoms with van der Waals surface area (Å²) in [4.78, 5) is 28.7. The van der Waals surface area contributed by atoms with E-state index >= 15 is 0 Å². The zero-order chi connectivity index (χ0) is 24.9. The van der Waals surface area contributed by atoms with Crippen molar-refractivity contribution in [3.63, 3.8) is 0 Å². The summed E-state index contributed by atoms with van der Waals surface area (Å²) in [7, 11) is 0. The Balaban J connectivity index is 1.06. The molecule has 0 unspecified atom stereocenters. The number of benzene rings is 2. The van der Waals surface area contributed by atoms with Gasteiger partial charge in [0.15, 0.2) is 11.5 Å². The summed E-state index contributed by atoms with van der Waals surface area (Å²) < 4.78 is 15.8. The van der Waals surface area contributed by atoms with Crippen LogP contribution in [0.15, 0.2) is 42.5 Å². The predicted octanol–water partition coefficient (Wildman–Crippen LogP) is 3.85. The number of piperidine rings is 2. The molecule has 3 aliphatic rings. The van der Waals surface area contributed by atoms with Crippen LogP contribution in [-0.2, 0) is 4.74 Å². The third-order valence-electron chi connectivity index (χ3n) is 7.11. The lowest BCUT2D eigenvalue weighted by molar-refractivity contribution is 0.0937. The van der Waals surface area contributed by atoms with Crippen LogP contribution in [-0.4, -0.2) is 68.6 Å². The highest BCUT2D eigenvalue weighted by molar-refractivity contribution is 6.04. The zero-order valence-corrected chi connectivity index (χ0v) is 20.7. The Morgan fingerprint density at radius 3 is 2.28 bits per heavy atom. The molecule has 5 rings (SSSR count). The second-order valence-electron chi connectivity index (χ2n) is 9.46. The second-order valence-corrected chi connectivity index (χ2v) is 9.46. The van der Waals surface area contributed by atoms with E-state index < -0.39 is 0 Å². The molecule has 2 aromatic carbocycles. The molecule has 0 aliphatic carbocycles. The second kappa shape index (κ2) is 11.1. The largest absolute Gasteiger partial charge is 0.454 e. The first kappa shape index (κ1) is 24.2. The minimum absolute atomic E-state index is 0.180. The number of carbonyl (C=O) groups is 2. The first-order chi connectivity index (χ1) is 17.6. The molecule has 2 aromatic rings. The van der Waals surface area contributed by atoms with Gasteiger partial charge < -0.3 is 34.6 Å². The van der Waals surface area contributed by atoms with E-state index in [9.17, 15) is 9.59 Å². The van der Waals surface area contributed by atoms with Crippen molar-refractivity contribution in [2.24, 2.45) is 0 Å². The van der Waals surface area contributed by atoms with Crippen molar-refractivity contribution in [1.29, 1.82) is 0 Å². The maximum absolute atomic E-state index is 12.6. The molecule has 9 nitrogen and oxygen atoms in total. The van der Waals surface area contributed by atoms with Crippen molar-refractivity contribution in [2.75, 3.05) is 49.8 Å². The fourth-order valence-electron chi connectivity index (χ4n) is 5.08. The number of hydrogen-bond acceptors (Lipinski definition) is 7. The van der Waals surface area contributed by atoms with Gasteiger partial charge in [-0.25, -0.2) is 4.79 Å². The Kier molecular flexibility index (Phi) is 7.46. The summed E-state index contributed by atoms with van der Waals surface area (Å²) in [5.41, 5.74) is 2.45. The van der Waals surface area contributed by atoms with Gasteiger partial charge in [-0.15, -0.1) is 0 Å². The lowest BCUT2D eigenvalue weighted by Gasteiger charge is -2.38. The average molecular weight is 495 g/mol. The Morgan fingerprint density at radius 1 is 0.917 bits per heavy atom. The molecule has 2 fully saturated rings. The van der Waals surface area contributed by atoms with E-state index in [1.807, 2.05) is 24.0 Å². The monoisotopic (exact) mass is 494 g/mol. The van der Waals surface area contributed by atoms with Gasteiger partial charge >= 0.3 is 6.09 Å². The Morgan fingerprint density at radius 2 is 1.58 bits per heavy atom. The molecule has 0 saturated carbocycles. The zero-order valence-electron chi connectivity index (χ0n) is 20.7. The van der Waals surface area contributed by atoms with Gasteiger partial charge in [-0.05, 0) is 75.1 Å². The SMILES string of the molecule is CCOC(=O)N1CCC(NC2CCN(c3ccc(NC(=O)c4ccc5c(c4)OCO5)cc3)CC2)CC1. The minimum Gasteiger partial charge on any atom is -0.454 e. The molecule has 0 atom stereocenters. The molecule has 3 aliphatic heterocycles. The number of hydrogen-bond donors (Lipinski definition) is 2. The van der Waals surface area contributed by atoms with Crippen LogP contribution < -0.4 is 25.0 Å². The van der Waals surface area contributed by atoms with Gasteiger partial charge in [0.2, 0.25) is 6.79 Å². The summed E-state index contributed by atoms with van der Waals surface area (Å²) in [5.74, 6) is 1.08. The quantitative estimate of drug-likeness (QED) is 0.630. The normalized spacial score (nSPS) is 18.2. The highest BCUT2D eigenvalue weighted by Gasteiger charge is 2.27. The van der Waals surface area contributed by atoms with Crippen molar-refractivity contribution in [3.8, 4) is 11.5 Å². The van der Waals surface area contributed by atoms with Crippen LogP contribution in [0.4, 0.5) is 16.2 Å². The van der Waals surface area contributed by atoms with E-state index in [0.29, 0.717) is 35.8 Å². The van der Waals surface area contributed by atoms with E-state index in [4.69, 9.17) is 14.2 Å². The van der Waals surface area contributed by atoms with Gasteiger partial charge in [0.1, 0.15) is 0 Å². The Bertz CT molecular complexity index is 1060. The smallest absolute Gasteiger partial charge is 0.409 e. The summed E-state index contributed by atoms with van der Waals surface area (Å²) in [6.07, 6.45) is 3.92. The van der Waals surface area contributed by atoms with Crippen molar-refractivity contribution in [3.05, 3.63) is 48.0 Å². The first-order valence-electron chi connectivity index (χ1n) is 12.8. The topological polar surface area (TPSA) is 92.4 Å². The molecule has 2 saturated heterocycles. The summed E-state index contributed by atoms with van der Waals surface area (Å²) in [5, 5.41) is 6.77. The molecule has 2 N–H and O–H groups in total. The van der Waals surface area contributed by atoms with Gasteiger partial charge in [0.05, 0.1) is 6.61 Å². The molecule has 0 aromatic heterocycles. The molecule has 0 spiro atoms. The van der Waals surface area contributed by atoms with E-state index in [-0.39, 0.29) is 18.8 Å². The first-order valence-corrected chi connectivity index (χ1v) is 12.8. The van der Waals surface area contributed by atoms with Gasteiger partial charge in [0.25, 0.3) is 5.91 Å². The van der Waals surface area contributed by atoms with Crippen LogP contribution in [0.5, 0.6) is 11.5 Å². The highest BCUT2D eigenvalue weighted by atomic mass is 16.7. The summed E-state index contributed by atoms with van der Waals surface area (Å²) in [6.45, 7) is 5.94. The number of ether oxygens (including phenoxy) is 3. The average Bonchev–Trinajstić information content (AvgIpc) is 3.38. The molecule has 0 radical (unpaired) electrons. The van der Waals surface area contributed by atoms with Crippen molar-refractivity contribution < 1.29 is 23.8 Å². The molecule has 0 bridgehead atoms. The Labute approximate surface area is 211 Å². The van der Waals surface area contributed by atoms with E-state index in [0.717, 1.165) is 63.2 Å². The third kappa shape index (κ3) is 5.67. The van der Waals surface area contributed by atoms with E-state index in [1.165, 1.54) is 0 Å². The van der Waals surface area contributed by atoms with Crippen LogP contribution in [0.25, 0.3) is 0 Å². The fraction of sp³-hybridized carbons (Fsp3) is 0.481. The molecule has 2 amide bonds. The van der Waals surface area contributed by atoms with Crippen LogP contribution in [0.1, 0.15) is 43.0 Å². The summed E-state index contributed by atoms with van der Waals surface area (Å²) >= 11 is 0. The molecule has 192 valence electrons. The maximum Gasteiger partial charge on any atom is 0.409 e. The Hall–Kier alpha value is -3.46. The standard InChI is InChI=1S/C27H34N4O5/c1-2-34-27(33)31-15-11-22(12-16-31)28-21-9-13-30(14-10-21)23-6-4-20(5-7-23)29-26(32)19-3-8-24-25(17-19)36-18-35-24/h3-8,17,21-22,28H,2,9-16,18H2,1H3,(H,29,32). The van der Waals surface area contributed by atoms with Gasteiger partial charge in [-0.2, -0.15) is 0 Å². The van der Waals surface area contributed by atoms with Gasteiger partial charge in [-0.3, -0.25) is 4.79 Å². The van der Waals surface area contributed by atoms with Crippen molar-refractivity contribution in [2.45, 2.75) is 44.7 Å². The number of carbonyl (C=O) groups excluding carboxylic acids is 2. The van der Waals surface area contributed by atoms with E-state index in [1.54, 1.807) is 18.2 Å². The number of anilines is 2. The minimum atomic E-state index is -0.192. The van der Waals surface area contributed by atoms with E-state index in [2.05, 4.69) is 27.7 Å². The number of amides is 2. The van der Waals surface area contributed by atoms with Gasteiger partial charge in [0, 0.05) is 55.2 Å². The number of fused-ring (bicyclic) bond motifs is 1. The van der Waals surface area contributed by atoms with Gasteiger partial charge in [-0.1, -0.05) is 0 Å². The number of rotatable bonds is 6. The third-order valence-corrected chi connectivity index (χ3v) is 7.11. The van der Waals surface area contributed by atoms with Crippen LogP contribution in [0.3, 0.4) is 0 Å². The fourth-order valence-corrected chi connectivity index (χ4v) is 5.08. The highest BCUT2D eigenvalue weighted by Crippen LogP contribution is 2.32. The number of nitrogens with one attached hydrogen (secondary N) is 2. The molecule has 9 heteroatoms. The lowest BCUT2D eigenvalue weighted by atomic mass is 9.99. The molecular weight excluding hydrogens is 460 g/mol.